The fourth-order valence-electron chi connectivity index (χ4n) is 1.08. The zero-order valence-electron chi connectivity index (χ0n) is 8.73. The van der Waals surface area contributed by atoms with Crippen LogP contribution in [0.5, 0.6) is 0 Å². The molecule has 7 heteroatoms. The number of rotatable bonds is 5. The molecule has 86 valence electrons. The molecule has 0 aliphatic rings. The Bertz CT molecular complexity index is 422. The molecule has 0 radical (unpaired) electrons. The lowest BCUT2D eigenvalue weighted by Gasteiger charge is -2.06. The second-order valence-electron chi connectivity index (χ2n) is 2.91. The van der Waals surface area contributed by atoms with E-state index in [2.05, 4.69) is 21.9 Å². The summed E-state index contributed by atoms with van der Waals surface area (Å²) in [6.45, 7) is 5.72. The second-order valence-corrected chi connectivity index (χ2v) is 3.27. The van der Waals surface area contributed by atoms with Crippen LogP contribution in [-0.4, -0.2) is 21.4 Å². The fourth-order valence-corrected chi connectivity index (χ4v) is 1.34. The highest BCUT2D eigenvalue weighted by molar-refractivity contribution is 6.31. The number of nitro groups is 1. The van der Waals surface area contributed by atoms with Crippen molar-refractivity contribution >= 4 is 23.1 Å². The Kier molecular flexibility index (Phi) is 4.19. The molecule has 0 aromatic carbocycles. The van der Waals surface area contributed by atoms with Gasteiger partial charge >= 0.3 is 5.69 Å². The highest BCUT2D eigenvalue weighted by Gasteiger charge is 2.22. The molecule has 1 N–H and O–H groups in total. The van der Waals surface area contributed by atoms with Gasteiger partial charge in [-0.05, 0) is 0 Å². The number of aromatic nitrogens is 2. The number of nitrogens with one attached hydrogen (secondary N) is 1. The second kappa shape index (κ2) is 5.41. The molecule has 0 saturated heterocycles. The quantitative estimate of drug-likeness (QED) is 0.370. The van der Waals surface area contributed by atoms with Crippen molar-refractivity contribution in [2.45, 2.75) is 13.3 Å². The molecule has 1 heterocycles. The summed E-state index contributed by atoms with van der Waals surface area (Å²) < 4.78 is 0. The summed E-state index contributed by atoms with van der Waals surface area (Å²) in [5, 5.41) is 13.4. The molecule has 0 unspecified atom stereocenters. The molecule has 0 atom stereocenters. The maximum Gasteiger partial charge on any atom is 0.348 e. The lowest BCUT2D eigenvalue weighted by atomic mass is 10.4. The number of nitrogens with zero attached hydrogens (tertiary/aromatic N) is 3. The number of hydrogen-bond acceptors (Lipinski definition) is 5. The van der Waals surface area contributed by atoms with E-state index in [1.807, 2.05) is 6.92 Å². The Hall–Kier alpha value is -1.69. The average molecular weight is 243 g/mol. The third-order valence-corrected chi connectivity index (χ3v) is 2.06. The maximum absolute atomic E-state index is 10.8. The van der Waals surface area contributed by atoms with Crippen LogP contribution in [-0.2, 0) is 6.42 Å². The van der Waals surface area contributed by atoms with Crippen molar-refractivity contribution < 1.29 is 4.92 Å². The van der Waals surface area contributed by atoms with E-state index in [0.29, 0.717) is 18.8 Å². The number of hydrogen-bond donors (Lipinski definition) is 1. The Morgan fingerprint density at radius 3 is 2.81 bits per heavy atom. The normalized spacial score (nSPS) is 9.88. The van der Waals surface area contributed by atoms with Crippen molar-refractivity contribution in [1.82, 2.24) is 9.97 Å². The highest BCUT2D eigenvalue weighted by Crippen LogP contribution is 2.29. The summed E-state index contributed by atoms with van der Waals surface area (Å²) in [6.07, 6.45) is 2.13. The number of anilines is 1. The van der Waals surface area contributed by atoms with Gasteiger partial charge < -0.3 is 5.32 Å². The molecule has 1 rings (SSSR count). The topological polar surface area (TPSA) is 81.0 Å². The third-order valence-electron chi connectivity index (χ3n) is 1.80. The van der Waals surface area contributed by atoms with Gasteiger partial charge in [-0.25, -0.2) is 9.97 Å². The molecule has 0 aliphatic heterocycles. The molecule has 0 bridgehead atoms. The minimum atomic E-state index is -0.604. The zero-order chi connectivity index (χ0) is 12.1. The van der Waals surface area contributed by atoms with E-state index in [1.54, 1.807) is 6.08 Å². The summed E-state index contributed by atoms with van der Waals surface area (Å²) in [7, 11) is 0. The molecule has 1 aromatic heterocycles. The van der Waals surface area contributed by atoms with Crippen molar-refractivity contribution in [3.63, 3.8) is 0 Å². The molecule has 0 fully saturated rings. The van der Waals surface area contributed by atoms with Crippen LogP contribution in [0.4, 0.5) is 11.5 Å². The average Bonchev–Trinajstić information content (AvgIpc) is 2.24. The van der Waals surface area contributed by atoms with Crippen LogP contribution in [0, 0.1) is 10.1 Å². The Labute approximate surface area is 97.5 Å². The SMILES string of the molecule is C=CCNc1nc(CC)nc(Cl)c1[N+](=O)[O-]. The zero-order valence-corrected chi connectivity index (χ0v) is 9.49. The van der Waals surface area contributed by atoms with Crippen molar-refractivity contribution in [1.29, 1.82) is 0 Å². The van der Waals surface area contributed by atoms with Gasteiger partial charge in [0.1, 0.15) is 5.82 Å². The fraction of sp³-hybridized carbons (Fsp3) is 0.333. The number of halogens is 1. The van der Waals surface area contributed by atoms with E-state index in [4.69, 9.17) is 11.6 Å². The predicted molar refractivity (Wildman–Crippen MR) is 61.8 cm³/mol. The van der Waals surface area contributed by atoms with Gasteiger partial charge in [0.15, 0.2) is 0 Å². The molecule has 0 spiro atoms. The molecule has 0 amide bonds. The van der Waals surface area contributed by atoms with Crippen LogP contribution < -0.4 is 5.32 Å². The smallest absolute Gasteiger partial charge is 0.348 e. The Morgan fingerprint density at radius 1 is 1.62 bits per heavy atom. The lowest BCUT2D eigenvalue weighted by molar-refractivity contribution is -0.384. The first-order valence-electron chi connectivity index (χ1n) is 4.65. The number of aryl methyl sites for hydroxylation is 1. The minimum Gasteiger partial charge on any atom is -0.361 e. The van der Waals surface area contributed by atoms with Gasteiger partial charge in [0.25, 0.3) is 0 Å². The highest BCUT2D eigenvalue weighted by atomic mass is 35.5. The van der Waals surface area contributed by atoms with E-state index >= 15 is 0 Å². The van der Waals surface area contributed by atoms with E-state index in [1.165, 1.54) is 0 Å². The van der Waals surface area contributed by atoms with Crippen LogP contribution in [0.15, 0.2) is 12.7 Å². The summed E-state index contributed by atoms with van der Waals surface area (Å²) >= 11 is 5.73. The molecular formula is C9H11ClN4O2. The first kappa shape index (κ1) is 12.4. The molecule has 1 aromatic rings. The van der Waals surface area contributed by atoms with Gasteiger partial charge in [0.2, 0.25) is 11.0 Å². The van der Waals surface area contributed by atoms with Gasteiger partial charge in [-0.2, -0.15) is 0 Å². The van der Waals surface area contributed by atoms with E-state index in [-0.39, 0.29) is 16.7 Å². The minimum absolute atomic E-state index is 0.127. The maximum atomic E-state index is 10.8. The van der Waals surface area contributed by atoms with E-state index in [9.17, 15) is 10.1 Å². The largest absolute Gasteiger partial charge is 0.361 e. The summed E-state index contributed by atoms with van der Waals surface area (Å²) in [6, 6.07) is 0. The van der Waals surface area contributed by atoms with Crippen molar-refractivity contribution in [3.05, 3.63) is 33.7 Å². The lowest BCUT2D eigenvalue weighted by Crippen LogP contribution is -2.08. The predicted octanol–water partition coefficient (Wildman–Crippen LogP) is 2.20. The van der Waals surface area contributed by atoms with Crippen LogP contribution in [0.2, 0.25) is 5.15 Å². The first-order valence-corrected chi connectivity index (χ1v) is 5.03. The monoisotopic (exact) mass is 242 g/mol. The molecule has 0 aliphatic carbocycles. The Morgan fingerprint density at radius 2 is 2.31 bits per heavy atom. The summed E-state index contributed by atoms with van der Waals surface area (Å²) in [4.78, 5) is 18.0. The standard InChI is InChI=1S/C9H11ClN4O2/c1-3-5-11-9-7(14(15)16)8(10)12-6(4-2)13-9/h3H,1,4-5H2,2H3,(H,11,12,13). The summed E-state index contributed by atoms with van der Waals surface area (Å²) in [5.41, 5.74) is -0.305. The van der Waals surface area contributed by atoms with Gasteiger partial charge in [0, 0.05) is 13.0 Å². The van der Waals surface area contributed by atoms with E-state index < -0.39 is 4.92 Å². The van der Waals surface area contributed by atoms with Crippen molar-refractivity contribution in [3.8, 4) is 0 Å². The van der Waals surface area contributed by atoms with Crippen LogP contribution >= 0.6 is 11.6 Å². The van der Waals surface area contributed by atoms with Crippen LogP contribution in [0.3, 0.4) is 0 Å². The van der Waals surface area contributed by atoms with Gasteiger partial charge in [-0.3, -0.25) is 10.1 Å². The van der Waals surface area contributed by atoms with Crippen LogP contribution in [0.25, 0.3) is 0 Å². The summed E-state index contributed by atoms with van der Waals surface area (Å²) in [5.74, 6) is 0.587. The molecule has 16 heavy (non-hydrogen) atoms. The van der Waals surface area contributed by atoms with Gasteiger partial charge in [0.05, 0.1) is 4.92 Å². The first-order chi connectivity index (χ1) is 7.60. The van der Waals surface area contributed by atoms with Crippen molar-refractivity contribution in [2.24, 2.45) is 0 Å². The van der Waals surface area contributed by atoms with Crippen molar-refractivity contribution in [2.75, 3.05) is 11.9 Å². The molecule has 6 nitrogen and oxygen atoms in total. The van der Waals surface area contributed by atoms with Crippen LogP contribution in [0.1, 0.15) is 12.7 Å². The molecule has 0 saturated carbocycles. The Balaban J connectivity index is 3.22. The third kappa shape index (κ3) is 2.66. The molecular weight excluding hydrogens is 232 g/mol. The van der Waals surface area contributed by atoms with Gasteiger partial charge in [-0.1, -0.05) is 24.6 Å². The van der Waals surface area contributed by atoms with Gasteiger partial charge in [-0.15, -0.1) is 6.58 Å². The van der Waals surface area contributed by atoms with E-state index in [0.717, 1.165) is 0 Å².